The molecular weight excluding hydrogens is 402 g/mol. The third-order valence-corrected chi connectivity index (χ3v) is 8.95. The molecule has 7 rings (SSSR count). The lowest BCUT2D eigenvalue weighted by Crippen LogP contribution is -2.55. The van der Waals surface area contributed by atoms with E-state index in [1.165, 1.54) is 32.1 Å². The number of nitrogens with one attached hydrogen (secondary N) is 1. The summed E-state index contributed by atoms with van der Waals surface area (Å²) >= 11 is 0. The molecule has 1 saturated heterocycles. The first-order valence-corrected chi connectivity index (χ1v) is 12.8. The number of amides is 1. The number of hydrogen-bond donors (Lipinski definition) is 2. The highest BCUT2D eigenvalue weighted by Crippen LogP contribution is 2.53. The number of hydrogen-bond acceptors (Lipinski definition) is 4. The third-order valence-electron chi connectivity index (χ3n) is 8.95. The van der Waals surface area contributed by atoms with Crippen molar-refractivity contribution >= 4 is 17.7 Å². The van der Waals surface area contributed by atoms with Gasteiger partial charge in [-0.15, -0.1) is 0 Å². The maximum absolute atomic E-state index is 13.4. The zero-order chi connectivity index (χ0) is 21.8. The Labute approximate surface area is 190 Å². The Morgan fingerprint density at radius 1 is 1.03 bits per heavy atom. The molecule has 2 N–H and O–H groups in total. The highest BCUT2D eigenvalue weighted by Gasteiger charge is 2.48. The molecule has 32 heavy (non-hydrogen) atoms. The van der Waals surface area contributed by atoms with Crippen molar-refractivity contribution in [1.82, 2.24) is 10.3 Å². The topological polar surface area (TPSA) is 82.5 Å². The lowest BCUT2D eigenvalue weighted by Gasteiger charge is -2.54. The minimum absolute atomic E-state index is 0.0748. The first-order valence-electron chi connectivity index (χ1n) is 12.8. The summed E-state index contributed by atoms with van der Waals surface area (Å²) in [5.41, 5.74) is 1.73. The van der Waals surface area contributed by atoms with Gasteiger partial charge in [-0.1, -0.05) is 0 Å². The zero-order valence-corrected chi connectivity index (χ0v) is 18.8. The largest absolute Gasteiger partial charge is 0.481 e. The molecule has 0 aromatic carbocycles. The molecule has 1 aliphatic heterocycles. The number of carbonyl (C=O) groups excluding carboxylic acids is 1. The van der Waals surface area contributed by atoms with E-state index < -0.39 is 5.97 Å². The number of pyridine rings is 1. The Kier molecular flexibility index (Phi) is 5.14. The Bertz CT molecular complexity index is 884. The minimum Gasteiger partial charge on any atom is -0.481 e. The summed E-state index contributed by atoms with van der Waals surface area (Å²) in [6, 6.07) is 4.32. The van der Waals surface area contributed by atoms with Gasteiger partial charge in [-0.3, -0.25) is 9.59 Å². The fourth-order valence-electron chi connectivity index (χ4n) is 7.58. The minimum atomic E-state index is -0.722. The summed E-state index contributed by atoms with van der Waals surface area (Å²) in [6.45, 7) is 1.65. The number of carbonyl (C=O) groups is 2. The summed E-state index contributed by atoms with van der Waals surface area (Å²) < 4.78 is 0. The van der Waals surface area contributed by atoms with E-state index >= 15 is 0 Å². The van der Waals surface area contributed by atoms with Crippen molar-refractivity contribution in [3.05, 3.63) is 23.4 Å². The molecule has 6 aliphatic rings. The molecule has 172 valence electrons. The average molecular weight is 438 g/mol. The van der Waals surface area contributed by atoms with Gasteiger partial charge in [-0.25, -0.2) is 4.98 Å². The predicted molar refractivity (Wildman–Crippen MR) is 122 cm³/mol. The number of piperidine rings is 1. The molecule has 1 aromatic heterocycles. The molecule has 6 heteroatoms. The lowest BCUT2D eigenvalue weighted by atomic mass is 9.54. The van der Waals surface area contributed by atoms with Gasteiger partial charge in [0, 0.05) is 31.5 Å². The van der Waals surface area contributed by atoms with Crippen LogP contribution < -0.4 is 10.2 Å². The van der Waals surface area contributed by atoms with Crippen molar-refractivity contribution in [2.75, 3.05) is 18.0 Å². The molecule has 1 atom stereocenters. The van der Waals surface area contributed by atoms with Crippen molar-refractivity contribution in [3.63, 3.8) is 0 Å². The summed E-state index contributed by atoms with van der Waals surface area (Å²) in [6.07, 6.45) is 11.0. The van der Waals surface area contributed by atoms with Gasteiger partial charge < -0.3 is 15.3 Å². The number of aliphatic carboxylic acids is 1. The van der Waals surface area contributed by atoms with Crippen molar-refractivity contribution in [1.29, 1.82) is 0 Å². The molecule has 4 bridgehead atoms. The molecule has 6 fully saturated rings. The molecule has 0 unspecified atom stereocenters. The second-order valence-electron chi connectivity index (χ2n) is 11.4. The fourth-order valence-corrected chi connectivity index (χ4v) is 7.58. The van der Waals surface area contributed by atoms with E-state index in [0.29, 0.717) is 23.8 Å². The van der Waals surface area contributed by atoms with Crippen molar-refractivity contribution < 1.29 is 14.7 Å². The molecular formula is C26H35N3O3. The second-order valence-corrected chi connectivity index (χ2v) is 11.4. The molecule has 5 aliphatic carbocycles. The maximum atomic E-state index is 13.4. The van der Waals surface area contributed by atoms with E-state index in [1.54, 1.807) is 0 Å². The van der Waals surface area contributed by atoms with Crippen molar-refractivity contribution in [3.8, 4) is 0 Å². The molecule has 0 radical (unpaired) electrons. The maximum Gasteiger partial charge on any atom is 0.303 e. The summed E-state index contributed by atoms with van der Waals surface area (Å²) in [5.74, 6) is 3.99. The highest BCUT2D eigenvalue weighted by molar-refractivity contribution is 5.96. The Morgan fingerprint density at radius 3 is 2.41 bits per heavy atom. The smallest absolute Gasteiger partial charge is 0.303 e. The van der Waals surface area contributed by atoms with Gasteiger partial charge in [0.25, 0.3) is 5.91 Å². The zero-order valence-electron chi connectivity index (χ0n) is 18.8. The first kappa shape index (κ1) is 20.5. The SMILES string of the molecule is O=C(O)C[C@@H]1CCCN(c2ccc(C(=O)NC3C4CC5CC(C4)CC3C5)c(C3CC3)n2)C1. The highest BCUT2D eigenvalue weighted by atomic mass is 16.4. The van der Waals surface area contributed by atoms with Crippen LogP contribution in [-0.4, -0.2) is 41.1 Å². The van der Waals surface area contributed by atoms with Gasteiger partial charge in [-0.2, -0.15) is 0 Å². The van der Waals surface area contributed by atoms with Gasteiger partial charge in [0.1, 0.15) is 5.82 Å². The van der Waals surface area contributed by atoms with Crippen molar-refractivity contribution in [2.45, 2.75) is 76.2 Å². The lowest BCUT2D eigenvalue weighted by molar-refractivity contribution is -0.138. The number of aromatic nitrogens is 1. The molecule has 1 aromatic rings. The van der Waals surface area contributed by atoms with E-state index in [1.807, 2.05) is 12.1 Å². The van der Waals surface area contributed by atoms with E-state index in [2.05, 4.69) is 10.2 Å². The average Bonchev–Trinajstić information content (AvgIpc) is 3.60. The van der Waals surface area contributed by atoms with Gasteiger partial charge in [0.05, 0.1) is 11.3 Å². The van der Waals surface area contributed by atoms with Crippen LogP contribution in [0.4, 0.5) is 5.82 Å². The Hall–Kier alpha value is -2.11. The van der Waals surface area contributed by atoms with Crippen LogP contribution in [0.25, 0.3) is 0 Å². The van der Waals surface area contributed by atoms with E-state index in [9.17, 15) is 14.7 Å². The Morgan fingerprint density at radius 2 is 1.75 bits per heavy atom. The van der Waals surface area contributed by atoms with Gasteiger partial charge >= 0.3 is 5.97 Å². The summed E-state index contributed by atoms with van der Waals surface area (Å²) in [7, 11) is 0. The van der Waals surface area contributed by atoms with Crippen molar-refractivity contribution in [2.24, 2.45) is 29.6 Å². The molecule has 5 saturated carbocycles. The van der Waals surface area contributed by atoms with Crippen LogP contribution in [0.3, 0.4) is 0 Å². The second kappa shape index (κ2) is 8.03. The number of anilines is 1. The predicted octanol–water partition coefficient (Wildman–Crippen LogP) is 4.20. The number of nitrogens with zero attached hydrogens (tertiary/aromatic N) is 2. The van der Waals surface area contributed by atoms with Crippen LogP contribution in [0.15, 0.2) is 12.1 Å². The normalized spacial score (nSPS) is 35.7. The van der Waals surface area contributed by atoms with Crippen LogP contribution in [0.2, 0.25) is 0 Å². The molecule has 1 amide bonds. The molecule has 2 heterocycles. The van der Waals surface area contributed by atoms with Gasteiger partial charge in [0.15, 0.2) is 0 Å². The standard InChI is InChI=1S/C26H35N3O3/c30-23(31)13-15-2-1-7-29(14-15)22-6-5-21(25(27-22)18-3-4-18)26(32)28-24-19-9-16-8-17(11-19)12-20(24)10-16/h5-6,15-20,24H,1-4,7-14H2,(H,28,32)(H,30,31)/t15-,16?,17?,19?,20?,24?/m0/s1. The molecule has 0 spiro atoms. The van der Waals surface area contributed by atoms with Crippen LogP contribution in [0.1, 0.15) is 86.2 Å². The van der Waals surface area contributed by atoms with Crippen LogP contribution in [-0.2, 0) is 4.79 Å². The monoisotopic (exact) mass is 437 g/mol. The number of carboxylic acid groups (broad SMARTS) is 1. The van der Waals surface area contributed by atoms with E-state index in [4.69, 9.17) is 4.98 Å². The van der Waals surface area contributed by atoms with Crippen LogP contribution in [0, 0.1) is 29.6 Å². The van der Waals surface area contributed by atoms with Crippen LogP contribution >= 0.6 is 0 Å². The Balaban J connectivity index is 1.19. The molecule has 6 nitrogen and oxygen atoms in total. The van der Waals surface area contributed by atoms with Gasteiger partial charge in [-0.05, 0) is 99.5 Å². The number of carboxylic acids is 1. The third kappa shape index (κ3) is 3.90. The fraction of sp³-hybridized carbons (Fsp3) is 0.731. The summed E-state index contributed by atoms with van der Waals surface area (Å²) in [4.78, 5) is 31.8. The number of rotatable bonds is 6. The van der Waals surface area contributed by atoms with E-state index in [-0.39, 0.29) is 18.2 Å². The van der Waals surface area contributed by atoms with E-state index in [0.717, 1.165) is 67.7 Å². The summed E-state index contributed by atoms with van der Waals surface area (Å²) in [5, 5.41) is 12.6. The quantitative estimate of drug-likeness (QED) is 0.697. The van der Waals surface area contributed by atoms with Crippen LogP contribution in [0.5, 0.6) is 0 Å². The van der Waals surface area contributed by atoms with Gasteiger partial charge in [0.2, 0.25) is 0 Å². The first-order chi connectivity index (χ1) is 15.5.